The summed E-state index contributed by atoms with van der Waals surface area (Å²) in [7, 11) is 0. The molecule has 7 heteroatoms. The van der Waals surface area contributed by atoms with Gasteiger partial charge in [-0.1, -0.05) is 0 Å². The summed E-state index contributed by atoms with van der Waals surface area (Å²) in [6.45, 7) is 7.83. The molecule has 0 radical (unpaired) electrons. The van der Waals surface area contributed by atoms with Gasteiger partial charge in [-0.3, -0.25) is 14.1 Å². The number of nitrogens with one attached hydrogen (secondary N) is 1. The van der Waals surface area contributed by atoms with Crippen LogP contribution in [0.5, 0.6) is 0 Å². The van der Waals surface area contributed by atoms with Crippen LogP contribution in [0.3, 0.4) is 0 Å². The third-order valence-electron chi connectivity index (χ3n) is 4.94. The summed E-state index contributed by atoms with van der Waals surface area (Å²) in [5.74, 6) is 0.910. The third-order valence-corrected chi connectivity index (χ3v) is 4.94. The molecule has 122 valence electrons. The van der Waals surface area contributed by atoms with E-state index in [1.54, 1.807) is 0 Å². The van der Waals surface area contributed by atoms with Crippen molar-refractivity contribution in [1.29, 1.82) is 0 Å². The fraction of sp³-hybridized carbons (Fsp3) is 0.562. The monoisotopic (exact) mass is 314 g/mol. The van der Waals surface area contributed by atoms with Crippen LogP contribution in [0, 0.1) is 6.92 Å². The van der Waals surface area contributed by atoms with Crippen molar-refractivity contribution in [3.8, 4) is 0 Å². The predicted octanol–water partition coefficient (Wildman–Crippen LogP) is 0.157. The number of aryl methyl sites for hydroxylation is 1. The normalized spacial score (nSPS) is 22.8. The number of hydrogen-bond donors (Lipinski definition) is 1. The fourth-order valence-electron chi connectivity index (χ4n) is 3.59. The number of hydrogen-bond acceptors (Lipinski definition) is 5. The summed E-state index contributed by atoms with van der Waals surface area (Å²) in [6, 6.07) is 4.21. The zero-order valence-corrected chi connectivity index (χ0v) is 13.4. The molecule has 23 heavy (non-hydrogen) atoms. The molecule has 1 amide bonds. The van der Waals surface area contributed by atoms with E-state index in [1.807, 2.05) is 34.6 Å². The lowest BCUT2D eigenvalue weighted by Crippen LogP contribution is -2.49. The van der Waals surface area contributed by atoms with E-state index in [2.05, 4.69) is 20.4 Å². The molecule has 7 nitrogen and oxygen atoms in total. The lowest BCUT2D eigenvalue weighted by atomic mass is 10.2. The molecule has 2 aromatic rings. The Morgan fingerprint density at radius 1 is 1.22 bits per heavy atom. The quantitative estimate of drug-likeness (QED) is 0.855. The SMILES string of the molecule is Cc1nnc2ccc(C(=O)N3CCC(N4CCNCC4)C3)cn12. The van der Waals surface area contributed by atoms with Gasteiger partial charge in [-0.15, -0.1) is 10.2 Å². The molecule has 1 N–H and O–H groups in total. The highest BCUT2D eigenvalue weighted by Gasteiger charge is 2.31. The van der Waals surface area contributed by atoms with Gasteiger partial charge in [-0.05, 0) is 25.5 Å². The molecular formula is C16H22N6O. The molecule has 0 spiro atoms. The molecule has 2 aliphatic heterocycles. The largest absolute Gasteiger partial charge is 0.337 e. The number of piperazine rings is 1. The molecule has 0 aliphatic carbocycles. The summed E-state index contributed by atoms with van der Waals surface area (Å²) in [6.07, 6.45) is 2.92. The zero-order chi connectivity index (χ0) is 15.8. The Labute approximate surface area is 135 Å². The summed E-state index contributed by atoms with van der Waals surface area (Å²) in [4.78, 5) is 17.3. The van der Waals surface area contributed by atoms with Gasteiger partial charge in [-0.2, -0.15) is 0 Å². The molecule has 4 heterocycles. The van der Waals surface area contributed by atoms with Crippen LogP contribution >= 0.6 is 0 Å². The number of likely N-dealkylation sites (tertiary alicyclic amines) is 1. The first kappa shape index (κ1) is 14.6. The number of pyridine rings is 1. The Balaban J connectivity index is 1.48. The summed E-state index contributed by atoms with van der Waals surface area (Å²) in [5, 5.41) is 11.5. The van der Waals surface area contributed by atoms with Gasteiger partial charge in [0.25, 0.3) is 5.91 Å². The van der Waals surface area contributed by atoms with Gasteiger partial charge in [0.1, 0.15) is 5.82 Å². The lowest BCUT2D eigenvalue weighted by molar-refractivity contribution is 0.0773. The van der Waals surface area contributed by atoms with Crippen molar-refractivity contribution in [2.75, 3.05) is 39.3 Å². The van der Waals surface area contributed by atoms with Crippen LogP contribution in [0.4, 0.5) is 0 Å². The van der Waals surface area contributed by atoms with Gasteiger partial charge < -0.3 is 10.2 Å². The molecule has 1 unspecified atom stereocenters. The highest BCUT2D eigenvalue weighted by Crippen LogP contribution is 2.19. The number of aromatic nitrogens is 3. The molecule has 4 rings (SSSR count). The standard InChI is InChI=1S/C16H22N6O/c1-12-18-19-15-3-2-13(10-22(12)15)16(23)21-7-4-14(11-21)20-8-5-17-6-9-20/h2-3,10,14,17H,4-9,11H2,1H3. The topological polar surface area (TPSA) is 65.8 Å². The van der Waals surface area contributed by atoms with E-state index in [0.717, 1.165) is 57.2 Å². The summed E-state index contributed by atoms with van der Waals surface area (Å²) >= 11 is 0. The molecule has 0 aromatic carbocycles. The van der Waals surface area contributed by atoms with E-state index in [9.17, 15) is 4.79 Å². The molecular weight excluding hydrogens is 292 g/mol. The van der Waals surface area contributed by atoms with Crippen molar-refractivity contribution in [3.63, 3.8) is 0 Å². The van der Waals surface area contributed by atoms with Crippen molar-refractivity contribution in [2.45, 2.75) is 19.4 Å². The maximum atomic E-state index is 12.8. The highest BCUT2D eigenvalue weighted by atomic mass is 16.2. The average molecular weight is 314 g/mol. The Morgan fingerprint density at radius 3 is 2.87 bits per heavy atom. The van der Waals surface area contributed by atoms with Crippen LogP contribution < -0.4 is 5.32 Å². The molecule has 2 aromatic heterocycles. The van der Waals surface area contributed by atoms with E-state index in [0.29, 0.717) is 11.6 Å². The smallest absolute Gasteiger partial charge is 0.255 e. The lowest BCUT2D eigenvalue weighted by Gasteiger charge is -2.32. The van der Waals surface area contributed by atoms with Crippen molar-refractivity contribution >= 4 is 11.6 Å². The molecule has 2 saturated heterocycles. The molecule has 1 atom stereocenters. The number of amides is 1. The minimum atomic E-state index is 0.109. The number of carbonyl (C=O) groups excluding carboxylic acids is 1. The molecule has 2 aliphatic rings. The average Bonchev–Trinajstić information content (AvgIpc) is 3.22. The maximum Gasteiger partial charge on any atom is 0.255 e. The first-order chi connectivity index (χ1) is 11.2. The van der Waals surface area contributed by atoms with Crippen molar-refractivity contribution in [2.24, 2.45) is 0 Å². The molecule has 2 fully saturated rings. The van der Waals surface area contributed by atoms with E-state index in [-0.39, 0.29) is 5.91 Å². The van der Waals surface area contributed by atoms with E-state index >= 15 is 0 Å². The molecule has 0 saturated carbocycles. The Bertz CT molecular complexity index is 720. The first-order valence-electron chi connectivity index (χ1n) is 8.28. The fourth-order valence-corrected chi connectivity index (χ4v) is 3.59. The number of nitrogens with zero attached hydrogens (tertiary/aromatic N) is 5. The zero-order valence-electron chi connectivity index (χ0n) is 13.4. The van der Waals surface area contributed by atoms with Crippen molar-refractivity contribution < 1.29 is 4.79 Å². The second-order valence-electron chi connectivity index (χ2n) is 6.37. The number of fused-ring (bicyclic) bond motifs is 1. The summed E-state index contributed by atoms with van der Waals surface area (Å²) in [5.41, 5.74) is 1.49. The van der Waals surface area contributed by atoms with Gasteiger partial charge >= 0.3 is 0 Å². The van der Waals surface area contributed by atoms with Crippen LogP contribution in [-0.4, -0.2) is 75.6 Å². The highest BCUT2D eigenvalue weighted by molar-refractivity contribution is 5.94. The van der Waals surface area contributed by atoms with E-state index in [1.165, 1.54) is 0 Å². The maximum absolute atomic E-state index is 12.8. The van der Waals surface area contributed by atoms with Gasteiger partial charge in [0.2, 0.25) is 0 Å². The summed E-state index contributed by atoms with van der Waals surface area (Å²) < 4.78 is 1.87. The van der Waals surface area contributed by atoms with Gasteiger partial charge in [0.15, 0.2) is 5.65 Å². The third kappa shape index (κ3) is 2.70. The van der Waals surface area contributed by atoms with Crippen LogP contribution in [0.25, 0.3) is 5.65 Å². The Morgan fingerprint density at radius 2 is 2.04 bits per heavy atom. The van der Waals surface area contributed by atoms with E-state index < -0.39 is 0 Å². The second-order valence-corrected chi connectivity index (χ2v) is 6.37. The number of rotatable bonds is 2. The Kier molecular flexibility index (Phi) is 3.74. The Hall–Kier alpha value is -1.99. The van der Waals surface area contributed by atoms with Gasteiger partial charge in [0.05, 0.1) is 5.56 Å². The van der Waals surface area contributed by atoms with Crippen LogP contribution in [0.15, 0.2) is 18.3 Å². The van der Waals surface area contributed by atoms with Crippen molar-refractivity contribution in [1.82, 2.24) is 29.7 Å². The second kappa shape index (κ2) is 5.90. The van der Waals surface area contributed by atoms with E-state index in [4.69, 9.17) is 0 Å². The van der Waals surface area contributed by atoms with Crippen LogP contribution in [-0.2, 0) is 0 Å². The predicted molar refractivity (Wildman–Crippen MR) is 86.5 cm³/mol. The van der Waals surface area contributed by atoms with Crippen LogP contribution in [0.1, 0.15) is 22.6 Å². The minimum absolute atomic E-state index is 0.109. The molecule has 0 bridgehead atoms. The van der Waals surface area contributed by atoms with Crippen molar-refractivity contribution in [3.05, 3.63) is 29.7 Å². The minimum Gasteiger partial charge on any atom is -0.337 e. The van der Waals surface area contributed by atoms with Crippen LogP contribution in [0.2, 0.25) is 0 Å². The van der Waals surface area contributed by atoms with Gasteiger partial charge in [0, 0.05) is 51.5 Å². The first-order valence-corrected chi connectivity index (χ1v) is 8.28. The van der Waals surface area contributed by atoms with Gasteiger partial charge in [-0.25, -0.2) is 0 Å². The number of carbonyl (C=O) groups is 1.